The number of nitrogens with zero attached hydrogens (tertiary/aromatic N) is 2. The summed E-state index contributed by atoms with van der Waals surface area (Å²) in [6, 6.07) is 15.0. The summed E-state index contributed by atoms with van der Waals surface area (Å²) in [4.78, 5) is 29.7. The van der Waals surface area contributed by atoms with Crippen LogP contribution in [-0.2, 0) is 11.2 Å². The molecule has 0 unspecified atom stereocenters. The highest BCUT2D eigenvalue weighted by Gasteiger charge is 2.15. The lowest BCUT2D eigenvalue weighted by Crippen LogP contribution is -2.29. The summed E-state index contributed by atoms with van der Waals surface area (Å²) < 4.78 is 6.98. The molecule has 0 bridgehead atoms. The Kier molecular flexibility index (Phi) is 6.93. The number of hydrogen-bond acceptors (Lipinski definition) is 5. The molecule has 0 radical (unpaired) electrons. The van der Waals surface area contributed by atoms with Gasteiger partial charge in [0, 0.05) is 12.6 Å². The maximum absolute atomic E-state index is 12.8. The highest BCUT2D eigenvalue weighted by Crippen LogP contribution is 2.21. The molecule has 7 heteroatoms. The third-order valence-corrected chi connectivity index (χ3v) is 5.49. The zero-order chi connectivity index (χ0) is 20.8. The van der Waals surface area contributed by atoms with E-state index in [1.165, 1.54) is 11.8 Å². The number of thioether (sulfide) groups is 1. The summed E-state index contributed by atoms with van der Waals surface area (Å²) in [5.74, 6) is 0.920. The average molecular weight is 412 g/mol. The van der Waals surface area contributed by atoms with Gasteiger partial charge in [-0.05, 0) is 44.0 Å². The molecule has 0 saturated carbocycles. The van der Waals surface area contributed by atoms with Crippen LogP contribution in [0.1, 0.15) is 25.5 Å². The molecule has 1 heterocycles. The highest BCUT2D eigenvalue weighted by molar-refractivity contribution is 7.99. The van der Waals surface area contributed by atoms with E-state index in [9.17, 15) is 9.59 Å². The maximum atomic E-state index is 12.8. The first-order valence-electron chi connectivity index (χ1n) is 9.54. The molecule has 152 valence electrons. The van der Waals surface area contributed by atoms with Gasteiger partial charge in [-0.2, -0.15) is 0 Å². The summed E-state index contributed by atoms with van der Waals surface area (Å²) in [6.45, 7) is 4.40. The standard InChI is InChI=1S/C22H25N3O3S/c1-15(2)25-21(27)17-9-5-6-10-18(17)24-22(25)29-14-20(26)23-13-12-16-8-4-7-11-19(16)28-3/h4-11,15H,12-14H2,1-3H3,(H,23,26). The van der Waals surface area contributed by atoms with Crippen LogP contribution >= 0.6 is 11.8 Å². The number of rotatable bonds is 8. The Morgan fingerprint density at radius 2 is 1.90 bits per heavy atom. The SMILES string of the molecule is COc1ccccc1CCNC(=O)CSc1nc2ccccc2c(=O)n1C(C)C. The van der Waals surface area contributed by atoms with Crippen LogP contribution < -0.4 is 15.6 Å². The van der Waals surface area contributed by atoms with Gasteiger partial charge in [0.1, 0.15) is 5.75 Å². The molecule has 0 aliphatic rings. The van der Waals surface area contributed by atoms with Crippen LogP contribution in [0.15, 0.2) is 58.5 Å². The van der Waals surface area contributed by atoms with Gasteiger partial charge in [0.25, 0.3) is 5.56 Å². The van der Waals surface area contributed by atoms with E-state index >= 15 is 0 Å². The summed E-state index contributed by atoms with van der Waals surface area (Å²) in [6.07, 6.45) is 0.686. The lowest BCUT2D eigenvalue weighted by atomic mass is 10.1. The monoisotopic (exact) mass is 411 g/mol. The van der Waals surface area contributed by atoms with Crippen molar-refractivity contribution in [3.8, 4) is 5.75 Å². The van der Waals surface area contributed by atoms with Crippen LogP contribution in [0.25, 0.3) is 10.9 Å². The number of benzene rings is 2. The number of methoxy groups -OCH3 is 1. The number of carbonyl (C=O) groups is 1. The topological polar surface area (TPSA) is 73.2 Å². The van der Waals surface area contributed by atoms with Crippen LogP contribution in [0.3, 0.4) is 0 Å². The number of ether oxygens (including phenoxy) is 1. The molecule has 0 spiro atoms. The number of carbonyl (C=O) groups excluding carboxylic acids is 1. The molecular weight excluding hydrogens is 386 g/mol. The van der Waals surface area contributed by atoms with Crippen molar-refractivity contribution in [2.45, 2.75) is 31.5 Å². The smallest absolute Gasteiger partial charge is 0.262 e. The molecule has 0 atom stereocenters. The van der Waals surface area contributed by atoms with Gasteiger partial charge < -0.3 is 10.1 Å². The molecule has 2 aromatic carbocycles. The van der Waals surface area contributed by atoms with E-state index < -0.39 is 0 Å². The zero-order valence-corrected chi connectivity index (χ0v) is 17.7. The number of aromatic nitrogens is 2. The average Bonchev–Trinajstić information content (AvgIpc) is 2.72. The van der Waals surface area contributed by atoms with Crippen molar-refractivity contribution in [1.29, 1.82) is 0 Å². The lowest BCUT2D eigenvalue weighted by molar-refractivity contribution is -0.118. The van der Waals surface area contributed by atoms with Crippen molar-refractivity contribution in [1.82, 2.24) is 14.9 Å². The van der Waals surface area contributed by atoms with Gasteiger partial charge in [0.2, 0.25) is 5.91 Å². The minimum Gasteiger partial charge on any atom is -0.496 e. The predicted octanol–water partition coefficient (Wildman–Crippen LogP) is 3.44. The fourth-order valence-electron chi connectivity index (χ4n) is 3.11. The van der Waals surface area contributed by atoms with Crippen molar-refractivity contribution in [2.75, 3.05) is 19.4 Å². The van der Waals surface area contributed by atoms with Gasteiger partial charge >= 0.3 is 0 Å². The Hall–Kier alpha value is -2.80. The van der Waals surface area contributed by atoms with Crippen molar-refractivity contribution >= 4 is 28.6 Å². The molecule has 0 fully saturated rings. The van der Waals surface area contributed by atoms with E-state index in [1.807, 2.05) is 56.3 Å². The Labute approximate surface area is 174 Å². The summed E-state index contributed by atoms with van der Waals surface area (Å²) in [7, 11) is 1.64. The van der Waals surface area contributed by atoms with Crippen LogP contribution in [-0.4, -0.2) is 34.9 Å². The van der Waals surface area contributed by atoms with Crippen LogP contribution in [0.2, 0.25) is 0 Å². The van der Waals surface area contributed by atoms with E-state index in [2.05, 4.69) is 10.3 Å². The molecule has 0 saturated heterocycles. The predicted molar refractivity (Wildman–Crippen MR) is 117 cm³/mol. The Morgan fingerprint density at radius 3 is 2.66 bits per heavy atom. The molecule has 0 aliphatic carbocycles. The number of hydrogen-bond donors (Lipinski definition) is 1. The molecule has 29 heavy (non-hydrogen) atoms. The third kappa shape index (κ3) is 4.98. The van der Waals surface area contributed by atoms with Crippen LogP contribution in [0, 0.1) is 0 Å². The molecular formula is C22H25N3O3S. The Bertz CT molecular complexity index is 1060. The molecule has 3 rings (SSSR count). The van der Waals surface area contributed by atoms with Crippen molar-refractivity contribution in [3.63, 3.8) is 0 Å². The number of amides is 1. The second-order valence-corrected chi connectivity index (χ2v) is 7.82. The van der Waals surface area contributed by atoms with Gasteiger partial charge in [-0.25, -0.2) is 4.98 Å². The Morgan fingerprint density at radius 1 is 1.17 bits per heavy atom. The van der Waals surface area contributed by atoms with Gasteiger partial charge in [-0.3, -0.25) is 14.2 Å². The normalized spacial score (nSPS) is 11.0. The van der Waals surface area contributed by atoms with Crippen LogP contribution in [0.5, 0.6) is 5.75 Å². The first-order valence-corrected chi connectivity index (χ1v) is 10.5. The van der Waals surface area contributed by atoms with Crippen molar-refractivity contribution in [3.05, 3.63) is 64.4 Å². The van der Waals surface area contributed by atoms with Crippen LogP contribution in [0.4, 0.5) is 0 Å². The second kappa shape index (κ2) is 9.60. The number of fused-ring (bicyclic) bond motifs is 1. The summed E-state index contributed by atoms with van der Waals surface area (Å²) in [5, 5.41) is 4.07. The Balaban J connectivity index is 1.65. The van der Waals surface area contributed by atoms with Gasteiger partial charge in [-0.1, -0.05) is 42.1 Å². The summed E-state index contributed by atoms with van der Waals surface area (Å²) >= 11 is 1.28. The highest BCUT2D eigenvalue weighted by atomic mass is 32.2. The van der Waals surface area contributed by atoms with E-state index in [0.29, 0.717) is 29.0 Å². The van der Waals surface area contributed by atoms with E-state index in [4.69, 9.17) is 4.74 Å². The lowest BCUT2D eigenvalue weighted by Gasteiger charge is -2.16. The minimum absolute atomic E-state index is 0.0456. The first-order chi connectivity index (χ1) is 14.0. The minimum atomic E-state index is -0.0948. The molecule has 6 nitrogen and oxygen atoms in total. The largest absolute Gasteiger partial charge is 0.496 e. The van der Waals surface area contributed by atoms with E-state index in [-0.39, 0.29) is 23.3 Å². The van der Waals surface area contributed by atoms with Crippen molar-refractivity contribution < 1.29 is 9.53 Å². The van der Waals surface area contributed by atoms with E-state index in [1.54, 1.807) is 17.7 Å². The quantitative estimate of drug-likeness (QED) is 0.454. The number of nitrogens with one attached hydrogen (secondary N) is 1. The van der Waals surface area contributed by atoms with E-state index in [0.717, 1.165) is 11.3 Å². The summed E-state index contributed by atoms with van der Waals surface area (Å²) in [5.41, 5.74) is 1.62. The fraction of sp³-hybridized carbons (Fsp3) is 0.318. The first kappa shape index (κ1) is 20.9. The molecule has 1 N–H and O–H groups in total. The molecule has 1 aromatic heterocycles. The molecule has 1 amide bonds. The third-order valence-electron chi connectivity index (χ3n) is 4.53. The second-order valence-electron chi connectivity index (χ2n) is 6.88. The van der Waals surface area contributed by atoms with Crippen molar-refractivity contribution in [2.24, 2.45) is 0 Å². The van der Waals surface area contributed by atoms with Gasteiger partial charge in [-0.15, -0.1) is 0 Å². The molecule has 0 aliphatic heterocycles. The maximum Gasteiger partial charge on any atom is 0.262 e. The fourth-order valence-corrected chi connectivity index (χ4v) is 4.07. The zero-order valence-electron chi connectivity index (χ0n) is 16.8. The van der Waals surface area contributed by atoms with Gasteiger partial charge in [0.05, 0.1) is 23.8 Å². The molecule has 3 aromatic rings. The van der Waals surface area contributed by atoms with Gasteiger partial charge in [0.15, 0.2) is 5.16 Å². The number of para-hydroxylation sites is 2.